The quantitative estimate of drug-likeness (QED) is 0.759. The maximum absolute atomic E-state index is 12.3. The van der Waals surface area contributed by atoms with Gasteiger partial charge in [0.2, 0.25) is 0 Å². The number of aliphatic hydroxyl groups is 1. The van der Waals surface area contributed by atoms with Gasteiger partial charge in [0.25, 0.3) is 5.56 Å². The van der Waals surface area contributed by atoms with Gasteiger partial charge in [-0.3, -0.25) is 14.0 Å². The number of fused-ring (bicyclic) bond motifs is 1. The van der Waals surface area contributed by atoms with Crippen LogP contribution in [0.1, 0.15) is 11.1 Å². The van der Waals surface area contributed by atoms with Crippen LogP contribution in [0.25, 0.3) is 11.0 Å². The summed E-state index contributed by atoms with van der Waals surface area (Å²) in [4.78, 5) is 16.6. The monoisotopic (exact) mass is 270 g/mol. The third-order valence-corrected chi connectivity index (χ3v) is 3.28. The number of rotatable bonds is 3. The van der Waals surface area contributed by atoms with Gasteiger partial charge in [0.1, 0.15) is 11.7 Å². The van der Waals surface area contributed by atoms with Gasteiger partial charge in [-0.15, -0.1) is 0 Å². The van der Waals surface area contributed by atoms with Gasteiger partial charge in [0.15, 0.2) is 5.65 Å². The lowest BCUT2D eigenvalue weighted by atomic mass is 10.1. The van der Waals surface area contributed by atoms with Crippen molar-refractivity contribution >= 4 is 11.0 Å². The smallest absolute Gasteiger partial charge is 0.264 e. The molecule has 1 N–H and O–H groups in total. The molecule has 3 aromatic rings. The van der Waals surface area contributed by atoms with Crippen LogP contribution in [-0.2, 0) is 20.2 Å². The number of aromatic nitrogens is 4. The van der Waals surface area contributed by atoms with Crippen LogP contribution in [-0.4, -0.2) is 24.4 Å². The van der Waals surface area contributed by atoms with E-state index in [0.717, 1.165) is 11.1 Å². The van der Waals surface area contributed by atoms with Crippen LogP contribution in [0.4, 0.5) is 0 Å². The molecule has 0 aliphatic carbocycles. The number of benzene rings is 1. The molecule has 2 aromatic heterocycles. The summed E-state index contributed by atoms with van der Waals surface area (Å²) >= 11 is 0. The fraction of sp³-hybridized carbons (Fsp3) is 0.214. The summed E-state index contributed by atoms with van der Waals surface area (Å²) < 4.78 is 3.13. The van der Waals surface area contributed by atoms with E-state index in [1.165, 1.54) is 12.5 Å². The van der Waals surface area contributed by atoms with Crippen molar-refractivity contribution in [2.45, 2.75) is 13.2 Å². The predicted octanol–water partition coefficient (Wildman–Crippen LogP) is 0.671. The molecule has 0 aliphatic rings. The van der Waals surface area contributed by atoms with Gasteiger partial charge in [0, 0.05) is 7.05 Å². The Morgan fingerprint density at radius 2 is 1.90 bits per heavy atom. The number of nitrogens with zero attached hydrogens (tertiary/aromatic N) is 4. The van der Waals surface area contributed by atoms with E-state index in [9.17, 15) is 4.79 Å². The van der Waals surface area contributed by atoms with Crippen LogP contribution >= 0.6 is 0 Å². The van der Waals surface area contributed by atoms with E-state index in [-0.39, 0.29) is 12.2 Å². The number of aliphatic hydroxyl groups excluding tert-OH is 1. The standard InChI is InChI=1S/C14H14N4O2/c1-17-13-12(6-16-17)14(20)18(9-15-13)7-10-2-4-11(8-19)5-3-10/h2-6,9,19H,7-8H2,1H3. The molecule has 0 radical (unpaired) electrons. The fourth-order valence-corrected chi connectivity index (χ4v) is 2.13. The molecule has 20 heavy (non-hydrogen) atoms. The minimum Gasteiger partial charge on any atom is -0.392 e. The van der Waals surface area contributed by atoms with Gasteiger partial charge in [-0.05, 0) is 11.1 Å². The average molecular weight is 270 g/mol. The van der Waals surface area contributed by atoms with Crippen LogP contribution in [0.5, 0.6) is 0 Å². The second-order valence-electron chi connectivity index (χ2n) is 4.66. The lowest BCUT2D eigenvalue weighted by Gasteiger charge is -2.06. The van der Waals surface area contributed by atoms with Crippen molar-refractivity contribution in [1.82, 2.24) is 19.3 Å². The van der Waals surface area contributed by atoms with Crippen molar-refractivity contribution in [2.75, 3.05) is 0 Å². The van der Waals surface area contributed by atoms with Crippen LogP contribution in [0.3, 0.4) is 0 Å². The second-order valence-corrected chi connectivity index (χ2v) is 4.66. The molecule has 0 aliphatic heterocycles. The normalized spacial score (nSPS) is 11.1. The van der Waals surface area contributed by atoms with E-state index < -0.39 is 0 Å². The molecule has 3 rings (SSSR count). The summed E-state index contributed by atoms with van der Waals surface area (Å²) in [7, 11) is 1.76. The highest BCUT2D eigenvalue weighted by Crippen LogP contribution is 2.07. The number of hydrogen-bond acceptors (Lipinski definition) is 4. The summed E-state index contributed by atoms with van der Waals surface area (Å²) in [6.07, 6.45) is 3.07. The predicted molar refractivity (Wildman–Crippen MR) is 74.2 cm³/mol. The molecule has 0 fully saturated rings. The first-order valence-corrected chi connectivity index (χ1v) is 6.25. The largest absolute Gasteiger partial charge is 0.392 e. The Kier molecular flexibility index (Phi) is 3.08. The van der Waals surface area contributed by atoms with E-state index in [2.05, 4.69) is 10.1 Å². The Morgan fingerprint density at radius 1 is 1.20 bits per heavy atom. The van der Waals surface area contributed by atoms with Gasteiger partial charge in [-0.2, -0.15) is 5.10 Å². The van der Waals surface area contributed by atoms with Crippen molar-refractivity contribution < 1.29 is 5.11 Å². The molecule has 1 aromatic carbocycles. The molecule has 0 unspecified atom stereocenters. The highest BCUT2D eigenvalue weighted by molar-refractivity contribution is 5.72. The minimum atomic E-state index is -0.102. The molecule has 102 valence electrons. The Labute approximate surface area is 114 Å². The van der Waals surface area contributed by atoms with Crippen LogP contribution in [0.15, 0.2) is 41.6 Å². The molecule has 6 nitrogen and oxygen atoms in total. The summed E-state index contributed by atoms with van der Waals surface area (Å²) in [5, 5.41) is 13.6. The van der Waals surface area contributed by atoms with Gasteiger partial charge < -0.3 is 5.11 Å². The third kappa shape index (κ3) is 2.10. The summed E-state index contributed by atoms with van der Waals surface area (Å²) in [5.74, 6) is 0. The SMILES string of the molecule is Cn1ncc2c(=O)n(Cc3ccc(CO)cc3)cnc21. The lowest BCUT2D eigenvalue weighted by molar-refractivity contribution is 0.282. The highest BCUT2D eigenvalue weighted by atomic mass is 16.3. The van der Waals surface area contributed by atoms with Crippen molar-refractivity contribution in [3.05, 3.63) is 58.3 Å². The molecule has 0 atom stereocenters. The zero-order valence-electron chi connectivity index (χ0n) is 11.0. The van der Waals surface area contributed by atoms with Crippen LogP contribution in [0, 0.1) is 0 Å². The zero-order chi connectivity index (χ0) is 14.1. The van der Waals surface area contributed by atoms with Gasteiger partial charge >= 0.3 is 0 Å². The lowest BCUT2D eigenvalue weighted by Crippen LogP contribution is -2.21. The summed E-state index contributed by atoms with van der Waals surface area (Å²) in [6.45, 7) is 0.464. The van der Waals surface area contributed by atoms with Gasteiger partial charge in [-0.25, -0.2) is 4.98 Å². The first-order valence-electron chi connectivity index (χ1n) is 6.25. The van der Waals surface area contributed by atoms with E-state index in [1.54, 1.807) is 16.3 Å². The first-order chi connectivity index (χ1) is 9.69. The molecule has 0 bridgehead atoms. The van der Waals surface area contributed by atoms with Crippen molar-refractivity contribution in [3.63, 3.8) is 0 Å². The highest BCUT2D eigenvalue weighted by Gasteiger charge is 2.08. The van der Waals surface area contributed by atoms with E-state index in [4.69, 9.17) is 5.11 Å². The molecule has 0 spiro atoms. The van der Waals surface area contributed by atoms with E-state index in [0.29, 0.717) is 17.6 Å². The minimum absolute atomic E-state index is 0.0173. The maximum Gasteiger partial charge on any atom is 0.264 e. The summed E-state index contributed by atoms with van der Waals surface area (Å²) in [5.41, 5.74) is 2.31. The molecule has 0 amide bonds. The van der Waals surface area contributed by atoms with Crippen molar-refractivity contribution in [2.24, 2.45) is 7.05 Å². The molecule has 0 saturated heterocycles. The zero-order valence-corrected chi connectivity index (χ0v) is 11.0. The van der Waals surface area contributed by atoms with Crippen LogP contribution < -0.4 is 5.56 Å². The Bertz CT molecular complexity index is 802. The topological polar surface area (TPSA) is 72.9 Å². The number of aryl methyl sites for hydroxylation is 1. The Balaban J connectivity index is 1.97. The molecular weight excluding hydrogens is 256 g/mol. The molecular formula is C14H14N4O2. The number of hydrogen-bond donors (Lipinski definition) is 1. The Hall–Kier alpha value is -2.47. The van der Waals surface area contributed by atoms with Crippen LogP contribution in [0.2, 0.25) is 0 Å². The average Bonchev–Trinajstić information content (AvgIpc) is 2.85. The van der Waals surface area contributed by atoms with Crippen molar-refractivity contribution in [3.8, 4) is 0 Å². The maximum atomic E-state index is 12.3. The summed E-state index contributed by atoms with van der Waals surface area (Å²) in [6, 6.07) is 7.48. The van der Waals surface area contributed by atoms with E-state index in [1.807, 2.05) is 24.3 Å². The Morgan fingerprint density at radius 3 is 2.60 bits per heavy atom. The van der Waals surface area contributed by atoms with E-state index >= 15 is 0 Å². The molecule has 6 heteroatoms. The third-order valence-electron chi connectivity index (χ3n) is 3.28. The molecule has 0 saturated carbocycles. The second kappa shape index (κ2) is 4.90. The first kappa shape index (κ1) is 12.6. The van der Waals surface area contributed by atoms with Gasteiger partial charge in [0.05, 0.1) is 19.3 Å². The van der Waals surface area contributed by atoms with Crippen molar-refractivity contribution in [1.29, 1.82) is 0 Å². The molecule has 2 heterocycles. The van der Waals surface area contributed by atoms with Gasteiger partial charge in [-0.1, -0.05) is 24.3 Å². The fourth-order valence-electron chi connectivity index (χ4n) is 2.13.